The highest BCUT2D eigenvalue weighted by Gasteiger charge is 2.48. The summed E-state index contributed by atoms with van der Waals surface area (Å²) in [6, 6.07) is 7.54. The summed E-state index contributed by atoms with van der Waals surface area (Å²) in [4.78, 5) is 117. The van der Waals surface area contributed by atoms with E-state index in [1.165, 1.54) is 20.1 Å². The van der Waals surface area contributed by atoms with Crippen LogP contribution in [0.5, 0.6) is 5.75 Å². The number of hydrogen-bond acceptors (Lipinski definition) is 13. The molecule has 1 saturated heterocycles. The minimum absolute atomic E-state index is 0.0209. The number of hydrogen-bond donors (Lipinski definition) is 8. The SMILES string of the molecule is COc1ccc(C[C@H]2NC(=O)/C=C/C[C@@H]([C@H](C)[C@H]3O[C@@H]3c3ccc(COC(=O)NCCNC(=O)[C@H](C)NC(=O)[C@@H](NC(=O)CCCC(=O)O)C(C)C)cc3)OC(=O)[C@H](CC(C)(C)C)NC(=O)C(C)(C)[C@H](C)NC2=O)cc1Cl. The number of carbonyl (C=O) groups excluding carboxylic acids is 8. The van der Waals surface area contributed by atoms with Crippen LogP contribution in [0.2, 0.25) is 5.02 Å². The van der Waals surface area contributed by atoms with Crippen molar-refractivity contribution < 1.29 is 67.2 Å². The Bertz CT molecular complexity index is 2460. The summed E-state index contributed by atoms with van der Waals surface area (Å²) in [5, 5.41) is 28.1. The van der Waals surface area contributed by atoms with Crippen LogP contribution in [0.1, 0.15) is 124 Å². The zero-order chi connectivity index (χ0) is 57.4. The molecule has 0 radical (unpaired) electrons. The van der Waals surface area contributed by atoms with E-state index in [1.807, 2.05) is 39.8 Å². The van der Waals surface area contributed by atoms with Gasteiger partial charge in [0, 0.05) is 50.7 Å². The Hall–Kier alpha value is -6.74. The molecule has 1 fully saturated rings. The highest BCUT2D eigenvalue weighted by Crippen LogP contribution is 2.45. The molecule has 0 aromatic heterocycles. The molecule has 8 N–H and O–H groups in total. The maximum atomic E-state index is 14.2. The molecule has 0 spiro atoms. The second kappa shape index (κ2) is 28.6. The van der Waals surface area contributed by atoms with Crippen molar-refractivity contribution >= 4 is 65.1 Å². The maximum Gasteiger partial charge on any atom is 0.407 e. The number of alkyl carbamates (subject to hydrolysis) is 1. The average molecular weight is 1100 g/mol. The number of nitrogens with one attached hydrogen (secondary N) is 7. The van der Waals surface area contributed by atoms with E-state index in [0.717, 1.165) is 5.56 Å². The van der Waals surface area contributed by atoms with Gasteiger partial charge in [-0.05, 0) is 86.8 Å². The van der Waals surface area contributed by atoms with Gasteiger partial charge in [0.05, 0.1) is 23.7 Å². The molecular weight excluding hydrogens is 1020 g/mol. The molecule has 7 amide bonds. The van der Waals surface area contributed by atoms with Crippen molar-refractivity contribution in [3.63, 3.8) is 0 Å². The zero-order valence-corrected chi connectivity index (χ0v) is 46.7. The minimum atomic E-state index is -1.22. The number of rotatable bonds is 21. The number of carboxylic acid groups (broad SMARTS) is 1. The first-order valence-corrected chi connectivity index (χ1v) is 26.3. The third-order valence-corrected chi connectivity index (χ3v) is 13.7. The van der Waals surface area contributed by atoms with Crippen LogP contribution in [-0.2, 0) is 65.6 Å². The van der Waals surface area contributed by atoms with Gasteiger partial charge in [-0.25, -0.2) is 9.59 Å². The predicted molar refractivity (Wildman–Crippen MR) is 285 cm³/mol. The molecule has 0 aliphatic carbocycles. The fraction of sp³-hybridized carbons (Fsp3) is 0.582. The van der Waals surface area contributed by atoms with Gasteiger partial charge in [-0.2, -0.15) is 0 Å². The zero-order valence-electron chi connectivity index (χ0n) is 46.0. The number of aliphatic carboxylic acids is 1. The number of benzene rings is 2. The van der Waals surface area contributed by atoms with Crippen molar-refractivity contribution in [3.8, 4) is 5.75 Å². The lowest BCUT2D eigenvalue weighted by Crippen LogP contribution is -2.58. The molecule has 2 aromatic carbocycles. The first-order chi connectivity index (χ1) is 36.1. The van der Waals surface area contributed by atoms with Crippen molar-refractivity contribution in [2.24, 2.45) is 22.7 Å². The van der Waals surface area contributed by atoms with Crippen molar-refractivity contribution in [1.82, 2.24) is 37.2 Å². The molecular formula is C55H78ClN7O14. The Kier molecular flexibility index (Phi) is 23.3. The third kappa shape index (κ3) is 20.0. The van der Waals surface area contributed by atoms with Gasteiger partial charge >= 0.3 is 18.0 Å². The molecule has 77 heavy (non-hydrogen) atoms. The number of carboxylic acids is 1. The predicted octanol–water partition coefficient (Wildman–Crippen LogP) is 4.72. The lowest BCUT2D eigenvalue weighted by atomic mass is 9.82. The van der Waals surface area contributed by atoms with Gasteiger partial charge in [0.25, 0.3) is 0 Å². The fourth-order valence-corrected chi connectivity index (χ4v) is 8.59. The van der Waals surface area contributed by atoms with Gasteiger partial charge in [-0.1, -0.05) is 89.6 Å². The first kappa shape index (κ1) is 62.8. The maximum absolute atomic E-state index is 14.2. The standard InChI is InChI=1S/C55H78ClN7O14/c1-30(2)45(63-43(65)16-13-17-44(66)67)50(70)59-32(4)48(68)57-24-25-58-53(73)75-29-34-18-21-36(22-19-34)47-46(77-47)31(3)40-14-12-15-42(64)61-38(27-35-20-23-41(74-11)37(56)26-35)49(69)60-33(5)55(9,10)52(72)62-39(51(71)76-40)28-54(6,7)8/h12,15,18-23,26,30-33,38-40,45-47H,13-14,16-17,24-25,27-29H2,1-11H3,(H,57,68)(H,58,73)(H,59,70)(H,60,69)(H,61,64)(H,62,72)(H,63,65)(H,66,67)/b15-12+/t31-,32-,33-,38+,39-,40-,45-,46+,47+/m0/s1. The number of halogens is 1. The van der Waals surface area contributed by atoms with Crippen LogP contribution in [-0.4, -0.2) is 121 Å². The highest BCUT2D eigenvalue weighted by atomic mass is 35.5. The van der Waals surface area contributed by atoms with Gasteiger partial charge in [-0.3, -0.25) is 33.6 Å². The molecule has 4 rings (SSSR count). The van der Waals surface area contributed by atoms with Crippen molar-refractivity contribution in [2.45, 2.75) is 163 Å². The molecule has 2 aromatic rings. The Balaban J connectivity index is 1.36. The molecule has 0 unspecified atom stereocenters. The minimum Gasteiger partial charge on any atom is -0.495 e. The summed E-state index contributed by atoms with van der Waals surface area (Å²) in [5.74, 6) is -5.10. The monoisotopic (exact) mass is 1100 g/mol. The average Bonchev–Trinajstić information content (AvgIpc) is 4.16. The van der Waals surface area contributed by atoms with Crippen molar-refractivity contribution in [1.29, 1.82) is 0 Å². The van der Waals surface area contributed by atoms with Gasteiger partial charge in [0.1, 0.15) is 48.7 Å². The number of ether oxygens (including phenoxy) is 4. The highest BCUT2D eigenvalue weighted by molar-refractivity contribution is 6.32. The smallest absolute Gasteiger partial charge is 0.407 e. The summed E-state index contributed by atoms with van der Waals surface area (Å²) in [6.45, 7) is 17.6. The van der Waals surface area contributed by atoms with E-state index in [4.69, 9.17) is 35.7 Å². The van der Waals surface area contributed by atoms with Gasteiger partial charge in [0.15, 0.2) is 0 Å². The number of epoxide rings is 1. The summed E-state index contributed by atoms with van der Waals surface area (Å²) < 4.78 is 23.1. The van der Waals surface area contributed by atoms with Crippen LogP contribution < -0.4 is 42.0 Å². The largest absolute Gasteiger partial charge is 0.495 e. The summed E-state index contributed by atoms with van der Waals surface area (Å²) in [6.07, 6.45) is 0.850. The summed E-state index contributed by atoms with van der Waals surface area (Å²) >= 11 is 6.40. The Morgan fingerprint density at radius 3 is 2.16 bits per heavy atom. The molecule has 2 aliphatic rings. The molecule has 0 saturated carbocycles. The van der Waals surface area contributed by atoms with Crippen molar-refractivity contribution in [2.75, 3.05) is 20.2 Å². The van der Waals surface area contributed by atoms with Crippen LogP contribution in [0.15, 0.2) is 54.6 Å². The van der Waals surface area contributed by atoms with Crippen LogP contribution in [0.3, 0.4) is 0 Å². The van der Waals surface area contributed by atoms with E-state index in [2.05, 4.69) is 37.2 Å². The molecule has 2 aliphatic heterocycles. The first-order valence-electron chi connectivity index (χ1n) is 26.0. The lowest BCUT2D eigenvalue weighted by molar-refractivity contribution is -0.157. The Morgan fingerprint density at radius 1 is 0.870 bits per heavy atom. The van der Waals surface area contributed by atoms with Crippen LogP contribution in [0.4, 0.5) is 4.79 Å². The molecule has 22 heteroatoms. The van der Waals surface area contributed by atoms with Gasteiger partial charge in [-0.15, -0.1) is 0 Å². The fourth-order valence-electron chi connectivity index (χ4n) is 8.31. The summed E-state index contributed by atoms with van der Waals surface area (Å²) in [5.41, 5.74) is 0.515. The number of esters is 1. The van der Waals surface area contributed by atoms with E-state index in [9.17, 15) is 43.2 Å². The van der Waals surface area contributed by atoms with E-state index in [-0.39, 0.29) is 70.2 Å². The second-order valence-electron chi connectivity index (χ2n) is 21.8. The van der Waals surface area contributed by atoms with E-state index in [0.29, 0.717) is 21.9 Å². The van der Waals surface area contributed by atoms with E-state index >= 15 is 0 Å². The molecule has 424 valence electrons. The van der Waals surface area contributed by atoms with Crippen LogP contribution >= 0.6 is 11.6 Å². The van der Waals surface area contributed by atoms with Gasteiger partial charge < -0.3 is 61.3 Å². The lowest BCUT2D eigenvalue weighted by Gasteiger charge is -2.35. The number of amides is 7. The molecule has 0 bridgehead atoms. The quantitative estimate of drug-likeness (QED) is 0.0477. The molecule has 9 atom stereocenters. The number of cyclic esters (lactones) is 1. The van der Waals surface area contributed by atoms with Crippen LogP contribution in [0.25, 0.3) is 0 Å². The van der Waals surface area contributed by atoms with Crippen LogP contribution in [0, 0.1) is 22.7 Å². The van der Waals surface area contributed by atoms with Gasteiger partial charge in [0.2, 0.25) is 35.4 Å². The normalized spacial score (nSPS) is 22.6. The molecule has 21 nitrogen and oxygen atoms in total. The molecule has 2 heterocycles. The number of methoxy groups -OCH3 is 1. The van der Waals surface area contributed by atoms with E-state index < -0.39 is 113 Å². The Labute approximate surface area is 455 Å². The topological polar surface area (TPSA) is 298 Å². The van der Waals surface area contributed by atoms with E-state index in [1.54, 1.807) is 71.0 Å². The Morgan fingerprint density at radius 2 is 1.53 bits per heavy atom. The number of carbonyl (C=O) groups is 9. The third-order valence-electron chi connectivity index (χ3n) is 13.4. The van der Waals surface area contributed by atoms with Crippen molar-refractivity contribution in [3.05, 3.63) is 76.3 Å². The summed E-state index contributed by atoms with van der Waals surface area (Å²) in [7, 11) is 1.49. The second-order valence-corrected chi connectivity index (χ2v) is 22.2.